The number of fused-ring (bicyclic) bond motifs is 1. The summed E-state index contributed by atoms with van der Waals surface area (Å²) in [7, 11) is 0. The number of benzene rings is 1. The Kier molecular flexibility index (Phi) is 7.27. The van der Waals surface area contributed by atoms with Crippen molar-refractivity contribution in [3.8, 4) is 0 Å². The van der Waals surface area contributed by atoms with Gasteiger partial charge in [0.25, 0.3) is 0 Å². The van der Waals surface area contributed by atoms with Crippen LogP contribution in [0.2, 0.25) is 0 Å². The lowest BCUT2D eigenvalue weighted by atomic mass is 10.0. The fraction of sp³-hybridized carbons (Fsp3) is 0.261. The van der Waals surface area contributed by atoms with Gasteiger partial charge in [-0.25, -0.2) is 5.84 Å². The minimum Gasteiger partial charge on any atom is -0.316 e. The van der Waals surface area contributed by atoms with Crippen molar-refractivity contribution in [2.75, 3.05) is 13.1 Å². The number of nitrogens with two attached hydrogens (primary N) is 1. The minimum atomic E-state index is 0.682. The summed E-state index contributed by atoms with van der Waals surface area (Å²) in [6, 6.07) is 12.3. The highest BCUT2D eigenvalue weighted by atomic mass is 32.1. The van der Waals surface area contributed by atoms with Crippen molar-refractivity contribution >= 4 is 28.4 Å². The van der Waals surface area contributed by atoms with E-state index < -0.39 is 0 Å². The molecule has 0 fully saturated rings. The standard InChI is InChI=1S/C23H29N5S/c1-17(22-13-7-16-29-22)9-6-10-18(2)28(24)15-8-14-25-23-21-12-5-4-11-20(21)19(3)26-27-23/h4-5,7,11-13,16,26H,1-3,6,8-10,14-15,24H2,(H,25,27). The molecule has 3 rings (SSSR count). The Morgan fingerprint density at radius 2 is 1.83 bits per heavy atom. The largest absolute Gasteiger partial charge is 0.316 e. The maximum atomic E-state index is 6.17. The molecule has 1 aromatic heterocycles. The van der Waals surface area contributed by atoms with Gasteiger partial charge in [-0.15, -0.1) is 11.3 Å². The summed E-state index contributed by atoms with van der Waals surface area (Å²) >= 11 is 1.73. The van der Waals surface area contributed by atoms with Gasteiger partial charge in [0, 0.05) is 34.8 Å². The molecule has 5 nitrogen and oxygen atoms in total. The molecule has 1 aliphatic heterocycles. The predicted octanol–water partition coefficient (Wildman–Crippen LogP) is 4.54. The summed E-state index contributed by atoms with van der Waals surface area (Å²) < 4.78 is 0. The third-order valence-corrected chi connectivity index (χ3v) is 5.86. The molecule has 29 heavy (non-hydrogen) atoms. The molecule has 0 saturated heterocycles. The first-order valence-corrected chi connectivity index (χ1v) is 10.7. The van der Waals surface area contributed by atoms with Crippen molar-refractivity contribution in [3.63, 3.8) is 0 Å². The van der Waals surface area contributed by atoms with Gasteiger partial charge in [0.2, 0.25) is 0 Å². The number of thiophene rings is 1. The van der Waals surface area contributed by atoms with E-state index in [0.29, 0.717) is 6.54 Å². The number of allylic oxidation sites excluding steroid dienone is 2. The lowest BCUT2D eigenvalue weighted by Crippen LogP contribution is -2.41. The van der Waals surface area contributed by atoms with Gasteiger partial charge in [-0.05, 0) is 42.7 Å². The van der Waals surface area contributed by atoms with Crippen LogP contribution in [0, 0.1) is 0 Å². The number of amidine groups is 1. The molecule has 6 heteroatoms. The zero-order valence-corrected chi connectivity index (χ0v) is 17.6. The SMILES string of the molecule is C=C(CCCC(=C)N(N)CCCN=C1NNC(=C)c2ccccc21)c1cccs1. The highest BCUT2D eigenvalue weighted by molar-refractivity contribution is 7.11. The molecule has 1 aliphatic rings. The van der Waals surface area contributed by atoms with Crippen LogP contribution in [-0.2, 0) is 0 Å². The third-order valence-electron chi connectivity index (χ3n) is 4.89. The zero-order valence-electron chi connectivity index (χ0n) is 16.8. The molecule has 0 radical (unpaired) electrons. The Bertz CT molecular complexity index is 898. The van der Waals surface area contributed by atoms with E-state index in [0.717, 1.165) is 60.6 Å². The minimum absolute atomic E-state index is 0.682. The topological polar surface area (TPSA) is 65.7 Å². The van der Waals surface area contributed by atoms with Gasteiger partial charge in [0.1, 0.15) is 5.84 Å². The quantitative estimate of drug-likeness (QED) is 0.307. The summed E-state index contributed by atoms with van der Waals surface area (Å²) in [6.45, 7) is 13.7. The average molecular weight is 408 g/mol. The van der Waals surface area contributed by atoms with Crippen molar-refractivity contribution < 1.29 is 0 Å². The lowest BCUT2D eigenvalue weighted by molar-refractivity contribution is 0.342. The highest BCUT2D eigenvalue weighted by Crippen LogP contribution is 2.24. The maximum Gasteiger partial charge on any atom is 0.147 e. The molecule has 2 heterocycles. The van der Waals surface area contributed by atoms with Crippen LogP contribution in [0.3, 0.4) is 0 Å². The number of rotatable bonds is 10. The number of hydrogen-bond donors (Lipinski definition) is 3. The Hall–Kier alpha value is -2.83. The van der Waals surface area contributed by atoms with Crippen LogP contribution >= 0.6 is 11.3 Å². The number of nitrogens with zero attached hydrogens (tertiary/aromatic N) is 2. The predicted molar refractivity (Wildman–Crippen MR) is 125 cm³/mol. The van der Waals surface area contributed by atoms with Crippen molar-refractivity contribution in [2.45, 2.75) is 25.7 Å². The Labute approximate surface area is 177 Å². The second kappa shape index (κ2) is 10.1. The molecule has 0 amide bonds. The van der Waals surface area contributed by atoms with Gasteiger partial charge in [0.15, 0.2) is 0 Å². The average Bonchev–Trinajstić information content (AvgIpc) is 3.27. The molecular formula is C23H29N5S. The summed E-state index contributed by atoms with van der Waals surface area (Å²) in [5.74, 6) is 7.00. The van der Waals surface area contributed by atoms with E-state index in [4.69, 9.17) is 5.84 Å². The molecule has 0 saturated carbocycles. The van der Waals surface area contributed by atoms with Crippen LogP contribution in [0.4, 0.5) is 0 Å². The van der Waals surface area contributed by atoms with Gasteiger partial charge in [-0.2, -0.15) is 0 Å². The summed E-state index contributed by atoms with van der Waals surface area (Å²) in [5.41, 5.74) is 11.3. The van der Waals surface area contributed by atoms with E-state index in [1.54, 1.807) is 16.3 Å². The summed E-state index contributed by atoms with van der Waals surface area (Å²) in [6.07, 6.45) is 3.69. The van der Waals surface area contributed by atoms with E-state index in [1.165, 1.54) is 10.5 Å². The van der Waals surface area contributed by atoms with E-state index >= 15 is 0 Å². The monoisotopic (exact) mass is 407 g/mol. The first kappa shape index (κ1) is 20.9. The fourth-order valence-electron chi connectivity index (χ4n) is 3.19. The van der Waals surface area contributed by atoms with Gasteiger partial charge in [-0.3, -0.25) is 15.8 Å². The van der Waals surface area contributed by atoms with E-state index in [9.17, 15) is 0 Å². The number of aliphatic imine (C=N–C) groups is 1. The zero-order chi connectivity index (χ0) is 20.6. The Morgan fingerprint density at radius 1 is 1.03 bits per heavy atom. The van der Waals surface area contributed by atoms with Gasteiger partial charge in [0.05, 0.1) is 5.70 Å². The molecule has 1 aromatic carbocycles. The van der Waals surface area contributed by atoms with E-state index in [-0.39, 0.29) is 0 Å². The maximum absolute atomic E-state index is 6.17. The molecule has 0 spiro atoms. The van der Waals surface area contributed by atoms with E-state index in [1.807, 2.05) is 24.3 Å². The van der Waals surface area contributed by atoms with Crippen molar-refractivity contribution in [3.05, 3.63) is 83.2 Å². The highest BCUT2D eigenvalue weighted by Gasteiger charge is 2.16. The van der Waals surface area contributed by atoms with Gasteiger partial charge >= 0.3 is 0 Å². The molecule has 0 bridgehead atoms. The molecule has 4 N–H and O–H groups in total. The van der Waals surface area contributed by atoms with Crippen molar-refractivity contribution in [2.24, 2.45) is 10.8 Å². The second-order valence-electron chi connectivity index (χ2n) is 7.05. The van der Waals surface area contributed by atoms with Crippen LogP contribution < -0.4 is 16.7 Å². The number of nitrogens with one attached hydrogen (secondary N) is 2. The molecule has 0 unspecified atom stereocenters. The number of hydrogen-bond acceptors (Lipinski definition) is 5. The van der Waals surface area contributed by atoms with Crippen molar-refractivity contribution in [1.29, 1.82) is 0 Å². The van der Waals surface area contributed by atoms with Crippen LogP contribution in [-0.4, -0.2) is 23.9 Å². The van der Waals surface area contributed by atoms with E-state index in [2.05, 4.69) is 53.1 Å². The Morgan fingerprint density at radius 3 is 2.59 bits per heavy atom. The summed E-state index contributed by atoms with van der Waals surface area (Å²) in [5, 5.41) is 3.83. The molecule has 0 atom stereocenters. The first-order chi connectivity index (χ1) is 14.1. The molecule has 0 aliphatic carbocycles. The Balaban J connectivity index is 1.39. The van der Waals surface area contributed by atoms with Crippen LogP contribution in [0.5, 0.6) is 0 Å². The smallest absolute Gasteiger partial charge is 0.147 e. The number of hydrazine groups is 2. The summed E-state index contributed by atoms with van der Waals surface area (Å²) in [4.78, 5) is 5.94. The molecular weight excluding hydrogens is 378 g/mol. The first-order valence-electron chi connectivity index (χ1n) is 9.83. The fourth-order valence-corrected chi connectivity index (χ4v) is 3.92. The van der Waals surface area contributed by atoms with Crippen LogP contribution in [0.25, 0.3) is 11.3 Å². The van der Waals surface area contributed by atoms with Gasteiger partial charge < -0.3 is 5.01 Å². The third kappa shape index (κ3) is 5.59. The normalized spacial score (nSPS) is 14.1. The van der Waals surface area contributed by atoms with Crippen LogP contribution in [0.1, 0.15) is 41.7 Å². The molecule has 2 aromatic rings. The van der Waals surface area contributed by atoms with Crippen LogP contribution in [0.15, 0.2) is 72.2 Å². The second-order valence-corrected chi connectivity index (χ2v) is 8.00. The van der Waals surface area contributed by atoms with Crippen molar-refractivity contribution in [1.82, 2.24) is 15.9 Å². The van der Waals surface area contributed by atoms with Gasteiger partial charge in [-0.1, -0.05) is 50.1 Å². The molecule has 152 valence electrons. The lowest BCUT2D eigenvalue weighted by Gasteiger charge is -2.24.